The van der Waals surface area contributed by atoms with Crippen molar-refractivity contribution in [3.63, 3.8) is 0 Å². The third-order valence-corrected chi connectivity index (χ3v) is 5.50. The van der Waals surface area contributed by atoms with Gasteiger partial charge in [0.15, 0.2) is 5.79 Å². The highest BCUT2D eigenvalue weighted by Crippen LogP contribution is 2.37. The number of hydrogen-bond donors (Lipinski definition) is 1. The first-order valence-electron chi connectivity index (χ1n) is 9.43. The van der Waals surface area contributed by atoms with Crippen LogP contribution >= 0.6 is 0 Å². The van der Waals surface area contributed by atoms with Crippen LogP contribution in [0.2, 0.25) is 0 Å². The monoisotopic (exact) mass is 349 g/mol. The third-order valence-electron chi connectivity index (χ3n) is 5.50. The van der Waals surface area contributed by atoms with E-state index in [-0.39, 0.29) is 24.0 Å². The van der Waals surface area contributed by atoms with Crippen molar-refractivity contribution >= 4 is 6.03 Å². The van der Waals surface area contributed by atoms with Crippen molar-refractivity contribution in [3.05, 3.63) is 12.7 Å². The molecule has 1 aromatic rings. The molecular weight excluding hydrogens is 322 g/mol. The van der Waals surface area contributed by atoms with Crippen LogP contribution in [0.15, 0.2) is 12.7 Å². The number of nitrogens with one attached hydrogen (secondary N) is 1. The Bertz CT molecular complexity index is 573. The van der Waals surface area contributed by atoms with Crippen molar-refractivity contribution in [2.24, 2.45) is 0 Å². The standard InChI is InChI=1S/C17H27N5O3/c23-16(21-8-4-5-14(10-21)22-13-18-12-20-22)19-9-15-11-24-17(25-15)6-2-1-3-7-17/h12-15H,1-11H2,(H,19,23)/t14-,15-/m0/s1. The van der Waals surface area contributed by atoms with E-state index in [2.05, 4.69) is 15.4 Å². The zero-order chi connectivity index (χ0) is 17.1. The summed E-state index contributed by atoms with van der Waals surface area (Å²) in [5, 5.41) is 7.22. The zero-order valence-corrected chi connectivity index (χ0v) is 14.6. The minimum Gasteiger partial charge on any atom is -0.347 e. The summed E-state index contributed by atoms with van der Waals surface area (Å²) in [6.45, 7) is 2.52. The summed E-state index contributed by atoms with van der Waals surface area (Å²) in [5.41, 5.74) is 0. The van der Waals surface area contributed by atoms with Crippen molar-refractivity contribution < 1.29 is 14.3 Å². The Labute approximate surface area is 147 Å². The van der Waals surface area contributed by atoms with Gasteiger partial charge in [0.2, 0.25) is 0 Å². The van der Waals surface area contributed by atoms with Gasteiger partial charge in [0.05, 0.1) is 12.6 Å². The van der Waals surface area contributed by atoms with E-state index < -0.39 is 0 Å². The van der Waals surface area contributed by atoms with Crippen LogP contribution in [0.5, 0.6) is 0 Å². The summed E-state index contributed by atoms with van der Waals surface area (Å²) in [6, 6.07) is 0.177. The van der Waals surface area contributed by atoms with Crippen LogP contribution in [0.1, 0.15) is 51.0 Å². The number of piperidine rings is 1. The third kappa shape index (κ3) is 3.79. The number of nitrogens with zero attached hydrogens (tertiary/aromatic N) is 4. The van der Waals surface area contributed by atoms with E-state index in [4.69, 9.17) is 9.47 Å². The van der Waals surface area contributed by atoms with Gasteiger partial charge in [-0.15, -0.1) is 0 Å². The minimum atomic E-state index is -0.378. The summed E-state index contributed by atoms with van der Waals surface area (Å²) >= 11 is 0. The quantitative estimate of drug-likeness (QED) is 0.898. The van der Waals surface area contributed by atoms with Crippen molar-refractivity contribution in [1.82, 2.24) is 25.0 Å². The summed E-state index contributed by atoms with van der Waals surface area (Å²) in [5.74, 6) is -0.378. The first-order chi connectivity index (χ1) is 12.2. The summed E-state index contributed by atoms with van der Waals surface area (Å²) in [6.07, 6.45) is 10.8. The van der Waals surface area contributed by atoms with Gasteiger partial charge in [-0.3, -0.25) is 0 Å². The molecule has 8 heteroatoms. The van der Waals surface area contributed by atoms with Gasteiger partial charge < -0.3 is 19.7 Å². The number of hydrogen-bond acceptors (Lipinski definition) is 5. The molecule has 4 rings (SSSR count). The predicted molar refractivity (Wildman–Crippen MR) is 89.9 cm³/mol. The maximum atomic E-state index is 12.5. The smallest absolute Gasteiger partial charge is 0.317 e. The normalized spacial score (nSPS) is 29.0. The van der Waals surface area contributed by atoms with Crippen LogP contribution in [0.4, 0.5) is 4.79 Å². The van der Waals surface area contributed by atoms with Gasteiger partial charge in [0.1, 0.15) is 18.8 Å². The molecular formula is C17H27N5O3. The van der Waals surface area contributed by atoms with E-state index in [1.807, 2.05) is 9.58 Å². The molecule has 3 fully saturated rings. The Balaban J connectivity index is 1.25. The second-order valence-corrected chi connectivity index (χ2v) is 7.33. The Hall–Kier alpha value is -1.67. The van der Waals surface area contributed by atoms with Gasteiger partial charge >= 0.3 is 6.03 Å². The lowest BCUT2D eigenvalue weighted by Crippen LogP contribution is -2.48. The lowest BCUT2D eigenvalue weighted by atomic mass is 9.94. The molecule has 2 aliphatic heterocycles. The molecule has 3 heterocycles. The lowest BCUT2D eigenvalue weighted by molar-refractivity contribution is -0.186. The van der Waals surface area contributed by atoms with Crippen LogP contribution < -0.4 is 5.32 Å². The van der Waals surface area contributed by atoms with Crippen LogP contribution in [-0.4, -0.2) is 63.8 Å². The van der Waals surface area contributed by atoms with Crippen molar-refractivity contribution in [2.45, 2.75) is 62.9 Å². The minimum absolute atomic E-state index is 0.0296. The Kier molecular flexibility index (Phi) is 4.89. The maximum absolute atomic E-state index is 12.5. The highest BCUT2D eigenvalue weighted by molar-refractivity contribution is 5.74. The molecule has 25 heavy (non-hydrogen) atoms. The van der Waals surface area contributed by atoms with Crippen LogP contribution in [0.25, 0.3) is 0 Å². The fourth-order valence-corrected chi connectivity index (χ4v) is 4.14. The fourth-order valence-electron chi connectivity index (χ4n) is 4.14. The molecule has 3 aliphatic rings. The number of urea groups is 1. The summed E-state index contributed by atoms with van der Waals surface area (Å²) in [4.78, 5) is 18.4. The van der Waals surface area contributed by atoms with Gasteiger partial charge in [-0.05, 0) is 25.7 Å². The van der Waals surface area contributed by atoms with Gasteiger partial charge in [-0.1, -0.05) is 6.42 Å². The molecule has 1 aromatic heterocycles. The molecule has 0 bridgehead atoms. The highest BCUT2D eigenvalue weighted by Gasteiger charge is 2.42. The molecule has 8 nitrogen and oxygen atoms in total. The molecule has 1 aliphatic carbocycles. The Morgan fingerprint density at radius 2 is 2.16 bits per heavy atom. The van der Waals surface area contributed by atoms with Gasteiger partial charge in [-0.2, -0.15) is 5.10 Å². The van der Waals surface area contributed by atoms with E-state index in [0.29, 0.717) is 19.7 Å². The number of carbonyl (C=O) groups excluding carboxylic acids is 1. The summed E-state index contributed by atoms with van der Waals surface area (Å²) in [7, 11) is 0. The molecule has 138 valence electrons. The number of rotatable bonds is 3. The lowest BCUT2D eigenvalue weighted by Gasteiger charge is -2.33. The number of amides is 2. The largest absolute Gasteiger partial charge is 0.347 e. The molecule has 2 atom stereocenters. The Morgan fingerprint density at radius 3 is 2.96 bits per heavy atom. The molecule has 0 radical (unpaired) electrons. The van der Waals surface area contributed by atoms with Gasteiger partial charge in [0.25, 0.3) is 0 Å². The van der Waals surface area contributed by atoms with Crippen molar-refractivity contribution in [3.8, 4) is 0 Å². The van der Waals surface area contributed by atoms with Gasteiger partial charge in [0, 0.05) is 32.5 Å². The Morgan fingerprint density at radius 1 is 1.28 bits per heavy atom. The first-order valence-corrected chi connectivity index (χ1v) is 9.43. The number of likely N-dealkylation sites (tertiary alicyclic amines) is 1. The van der Waals surface area contributed by atoms with E-state index in [0.717, 1.165) is 45.1 Å². The average molecular weight is 349 g/mol. The second kappa shape index (κ2) is 7.29. The van der Waals surface area contributed by atoms with E-state index in [1.165, 1.54) is 12.7 Å². The number of carbonyl (C=O) groups is 1. The van der Waals surface area contributed by atoms with Crippen molar-refractivity contribution in [1.29, 1.82) is 0 Å². The maximum Gasteiger partial charge on any atom is 0.317 e. The van der Waals surface area contributed by atoms with Crippen LogP contribution in [0.3, 0.4) is 0 Å². The van der Waals surface area contributed by atoms with E-state index >= 15 is 0 Å². The fraction of sp³-hybridized carbons (Fsp3) is 0.824. The average Bonchev–Trinajstić information content (AvgIpc) is 3.31. The molecule has 2 amide bonds. The zero-order valence-electron chi connectivity index (χ0n) is 14.6. The number of ether oxygens (including phenoxy) is 2. The predicted octanol–water partition coefficient (Wildman–Crippen LogP) is 1.70. The number of aromatic nitrogens is 3. The molecule has 0 aromatic carbocycles. The van der Waals surface area contributed by atoms with Crippen molar-refractivity contribution in [2.75, 3.05) is 26.2 Å². The topological polar surface area (TPSA) is 81.5 Å². The summed E-state index contributed by atoms with van der Waals surface area (Å²) < 4.78 is 13.9. The van der Waals surface area contributed by atoms with Gasteiger partial charge in [-0.25, -0.2) is 14.5 Å². The molecule has 2 saturated heterocycles. The highest BCUT2D eigenvalue weighted by atomic mass is 16.7. The SMILES string of the molecule is O=C(NC[C@H]1COC2(CCCCC2)O1)N1CCC[C@H](n2cncn2)C1. The van der Waals surface area contributed by atoms with E-state index in [9.17, 15) is 4.79 Å². The second-order valence-electron chi connectivity index (χ2n) is 7.33. The van der Waals surface area contributed by atoms with E-state index in [1.54, 1.807) is 6.33 Å². The molecule has 1 N–H and O–H groups in total. The van der Waals surface area contributed by atoms with Crippen LogP contribution in [-0.2, 0) is 9.47 Å². The van der Waals surface area contributed by atoms with Crippen LogP contribution in [0, 0.1) is 0 Å². The molecule has 1 saturated carbocycles. The molecule has 1 spiro atoms. The first kappa shape index (κ1) is 16.8. The molecule has 0 unspecified atom stereocenters.